The van der Waals surface area contributed by atoms with E-state index in [-0.39, 0.29) is 23.5 Å². The van der Waals surface area contributed by atoms with Crippen molar-refractivity contribution in [2.24, 2.45) is 0 Å². The molecule has 0 unspecified atom stereocenters. The van der Waals surface area contributed by atoms with Gasteiger partial charge in [0, 0.05) is 38.3 Å². The van der Waals surface area contributed by atoms with Gasteiger partial charge in [0.1, 0.15) is 11.4 Å². The van der Waals surface area contributed by atoms with E-state index >= 15 is 0 Å². The molecule has 0 radical (unpaired) electrons. The predicted molar refractivity (Wildman–Crippen MR) is 108 cm³/mol. The van der Waals surface area contributed by atoms with E-state index in [0.29, 0.717) is 38.4 Å². The molecule has 8 nitrogen and oxygen atoms in total. The molecule has 0 spiro atoms. The molecule has 166 valence electrons. The van der Waals surface area contributed by atoms with Gasteiger partial charge in [0.25, 0.3) is 5.91 Å². The second kappa shape index (κ2) is 9.31. The van der Waals surface area contributed by atoms with Crippen LogP contribution in [0.15, 0.2) is 42.5 Å². The maximum atomic E-state index is 12.7. The third kappa shape index (κ3) is 5.30. The summed E-state index contributed by atoms with van der Waals surface area (Å²) in [6, 6.07) is 8.16. The molecule has 2 aromatic rings. The Balaban J connectivity index is 1.81. The van der Waals surface area contributed by atoms with Crippen molar-refractivity contribution in [1.29, 1.82) is 0 Å². The van der Waals surface area contributed by atoms with Gasteiger partial charge in [-0.25, -0.2) is 0 Å². The van der Waals surface area contributed by atoms with E-state index < -0.39 is 22.6 Å². The normalized spacial score (nSPS) is 15.0. The zero-order valence-corrected chi connectivity index (χ0v) is 16.4. The molecule has 2 N–H and O–H groups in total. The standard InChI is InChI=1S/C20H21F3N4O4/c21-20(22,23)15-6-4-14(5-7-15)19(29)24-16-2-1-3-17(18(16)27(30)31)26-10-8-25(9-11-26)12-13-28/h1-7,28H,8-13H2,(H,24,29). The van der Waals surface area contributed by atoms with Gasteiger partial charge in [-0.1, -0.05) is 6.07 Å². The summed E-state index contributed by atoms with van der Waals surface area (Å²) in [6.45, 7) is 2.83. The third-order valence-electron chi connectivity index (χ3n) is 5.05. The lowest BCUT2D eigenvalue weighted by molar-refractivity contribution is -0.383. The van der Waals surface area contributed by atoms with Gasteiger partial charge in [0.15, 0.2) is 0 Å². The van der Waals surface area contributed by atoms with E-state index in [9.17, 15) is 28.1 Å². The first-order chi connectivity index (χ1) is 14.7. The van der Waals surface area contributed by atoms with Crippen molar-refractivity contribution in [3.05, 3.63) is 63.7 Å². The number of hydrogen-bond acceptors (Lipinski definition) is 6. The summed E-state index contributed by atoms with van der Waals surface area (Å²) < 4.78 is 38.1. The predicted octanol–water partition coefficient (Wildman–Crippen LogP) is 2.98. The number of amides is 1. The number of nitro benzene ring substituents is 1. The van der Waals surface area contributed by atoms with Crippen molar-refractivity contribution >= 4 is 23.0 Å². The number of alkyl halides is 3. The highest BCUT2D eigenvalue weighted by atomic mass is 19.4. The summed E-state index contributed by atoms with van der Waals surface area (Å²) in [6.07, 6.45) is -4.52. The van der Waals surface area contributed by atoms with Gasteiger partial charge in [-0.15, -0.1) is 0 Å². The number of carbonyl (C=O) groups excluding carboxylic acids is 1. The van der Waals surface area contributed by atoms with Gasteiger partial charge < -0.3 is 15.3 Å². The molecule has 0 aliphatic carbocycles. The summed E-state index contributed by atoms with van der Waals surface area (Å²) >= 11 is 0. The minimum absolute atomic E-state index is 0.0333. The summed E-state index contributed by atoms with van der Waals surface area (Å²) in [5.41, 5.74) is -0.912. The van der Waals surface area contributed by atoms with E-state index in [1.165, 1.54) is 6.07 Å². The quantitative estimate of drug-likeness (QED) is 0.532. The monoisotopic (exact) mass is 438 g/mol. The number of para-hydroxylation sites is 1. The number of benzene rings is 2. The number of rotatable bonds is 6. The Morgan fingerprint density at radius 3 is 2.29 bits per heavy atom. The first kappa shape index (κ1) is 22.5. The Morgan fingerprint density at radius 2 is 1.74 bits per heavy atom. The minimum Gasteiger partial charge on any atom is -0.395 e. The van der Waals surface area contributed by atoms with Crippen molar-refractivity contribution < 1.29 is 28.0 Å². The molecule has 1 saturated heterocycles. The highest BCUT2D eigenvalue weighted by Crippen LogP contribution is 2.36. The average Bonchev–Trinajstić information content (AvgIpc) is 2.73. The Morgan fingerprint density at radius 1 is 1.10 bits per heavy atom. The van der Waals surface area contributed by atoms with Crippen LogP contribution in [0.4, 0.5) is 30.2 Å². The fraction of sp³-hybridized carbons (Fsp3) is 0.350. The van der Waals surface area contributed by atoms with Crippen molar-refractivity contribution in [1.82, 2.24) is 4.90 Å². The number of carbonyl (C=O) groups is 1. The lowest BCUT2D eigenvalue weighted by atomic mass is 10.1. The van der Waals surface area contributed by atoms with Crippen LogP contribution in [-0.4, -0.2) is 60.2 Å². The largest absolute Gasteiger partial charge is 0.416 e. The zero-order valence-electron chi connectivity index (χ0n) is 16.4. The van der Waals surface area contributed by atoms with Gasteiger partial charge in [0.2, 0.25) is 0 Å². The van der Waals surface area contributed by atoms with Crippen molar-refractivity contribution in [2.45, 2.75) is 6.18 Å². The van der Waals surface area contributed by atoms with Crippen LogP contribution in [0.3, 0.4) is 0 Å². The molecule has 1 amide bonds. The number of hydrogen-bond donors (Lipinski definition) is 2. The summed E-state index contributed by atoms with van der Waals surface area (Å²) in [7, 11) is 0. The number of nitrogens with one attached hydrogen (secondary N) is 1. The maximum absolute atomic E-state index is 12.7. The van der Waals surface area contributed by atoms with Crippen LogP contribution in [0.25, 0.3) is 0 Å². The van der Waals surface area contributed by atoms with Gasteiger partial charge >= 0.3 is 11.9 Å². The van der Waals surface area contributed by atoms with Crippen molar-refractivity contribution in [3.8, 4) is 0 Å². The van der Waals surface area contributed by atoms with Crippen LogP contribution in [-0.2, 0) is 6.18 Å². The van der Waals surface area contributed by atoms with E-state index in [2.05, 4.69) is 5.32 Å². The van der Waals surface area contributed by atoms with E-state index in [1.54, 1.807) is 12.1 Å². The molecule has 1 heterocycles. The van der Waals surface area contributed by atoms with Crippen LogP contribution in [0, 0.1) is 10.1 Å². The minimum atomic E-state index is -4.52. The Kier molecular flexibility index (Phi) is 6.76. The molecular formula is C20H21F3N4O4. The Hall–Kier alpha value is -3.18. The molecule has 11 heteroatoms. The summed E-state index contributed by atoms with van der Waals surface area (Å²) in [4.78, 5) is 27.6. The van der Waals surface area contributed by atoms with Crippen LogP contribution in [0.5, 0.6) is 0 Å². The lowest BCUT2D eigenvalue weighted by Gasteiger charge is -2.35. The fourth-order valence-electron chi connectivity index (χ4n) is 3.44. The van der Waals surface area contributed by atoms with E-state index in [4.69, 9.17) is 5.11 Å². The first-order valence-corrected chi connectivity index (χ1v) is 9.55. The number of nitro groups is 1. The molecule has 3 rings (SSSR count). The topological polar surface area (TPSA) is 99.0 Å². The smallest absolute Gasteiger partial charge is 0.395 e. The molecule has 1 fully saturated rings. The van der Waals surface area contributed by atoms with E-state index in [1.807, 2.05) is 9.80 Å². The van der Waals surface area contributed by atoms with Crippen LogP contribution in [0.2, 0.25) is 0 Å². The molecule has 1 aliphatic heterocycles. The second-order valence-electron chi connectivity index (χ2n) is 7.01. The van der Waals surface area contributed by atoms with Crippen molar-refractivity contribution in [2.75, 3.05) is 49.5 Å². The average molecular weight is 438 g/mol. The lowest BCUT2D eigenvalue weighted by Crippen LogP contribution is -2.47. The molecule has 1 aliphatic rings. The number of halogens is 3. The molecule has 0 bridgehead atoms. The fourth-order valence-corrected chi connectivity index (χ4v) is 3.44. The number of anilines is 2. The maximum Gasteiger partial charge on any atom is 0.416 e. The molecule has 0 atom stereocenters. The SMILES string of the molecule is O=C(Nc1cccc(N2CCN(CCO)CC2)c1[N+](=O)[O-])c1ccc(C(F)(F)F)cc1. The van der Waals surface area contributed by atoms with Crippen LogP contribution in [0.1, 0.15) is 15.9 Å². The highest BCUT2D eigenvalue weighted by Gasteiger charge is 2.31. The number of β-amino-alcohol motifs (C(OH)–C–C–N with tert-alkyl or cyclic N) is 1. The number of nitrogens with zero attached hydrogens (tertiary/aromatic N) is 3. The Labute approximate surface area is 176 Å². The van der Waals surface area contributed by atoms with Crippen LogP contribution >= 0.6 is 0 Å². The van der Waals surface area contributed by atoms with Crippen molar-refractivity contribution in [3.63, 3.8) is 0 Å². The highest BCUT2D eigenvalue weighted by molar-refractivity contribution is 6.06. The zero-order chi connectivity index (χ0) is 22.6. The summed E-state index contributed by atoms with van der Waals surface area (Å²) in [5, 5.41) is 23.3. The molecule has 0 aromatic heterocycles. The second-order valence-corrected chi connectivity index (χ2v) is 7.01. The summed E-state index contributed by atoms with van der Waals surface area (Å²) in [5.74, 6) is -0.748. The number of piperazine rings is 1. The van der Waals surface area contributed by atoms with Gasteiger partial charge in [-0.2, -0.15) is 13.2 Å². The van der Waals surface area contributed by atoms with Gasteiger partial charge in [-0.3, -0.25) is 19.8 Å². The molecule has 31 heavy (non-hydrogen) atoms. The van der Waals surface area contributed by atoms with Crippen LogP contribution < -0.4 is 10.2 Å². The molecule has 0 saturated carbocycles. The Bertz CT molecular complexity index is 942. The van der Waals surface area contributed by atoms with E-state index in [0.717, 1.165) is 24.3 Å². The molecule has 2 aromatic carbocycles. The third-order valence-corrected chi connectivity index (χ3v) is 5.05. The molecular weight excluding hydrogens is 417 g/mol. The first-order valence-electron chi connectivity index (χ1n) is 9.55. The number of aliphatic hydroxyl groups is 1. The number of aliphatic hydroxyl groups excluding tert-OH is 1. The van der Waals surface area contributed by atoms with Gasteiger partial charge in [0.05, 0.1) is 17.1 Å². The van der Waals surface area contributed by atoms with Gasteiger partial charge in [-0.05, 0) is 36.4 Å².